The van der Waals surface area contributed by atoms with Gasteiger partial charge in [0.1, 0.15) is 23.1 Å². The Labute approximate surface area is 158 Å². The third kappa shape index (κ3) is 4.47. The number of amides is 1. The fourth-order valence-corrected chi connectivity index (χ4v) is 2.91. The number of carbonyl (C=O) groups excluding carboxylic acids is 1. The fourth-order valence-electron chi connectivity index (χ4n) is 2.70. The molecule has 3 rings (SSSR count). The molecule has 0 radical (unpaired) electrons. The van der Waals surface area contributed by atoms with E-state index in [0.29, 0.717) is 24.1 Å². The number of rotatable bonds is 4. The molecular formula is C20H23ClN2O3. The first-order chi connectivity index (χ1) is 12.3. The van der Waals surface area contributed by atoms with E-state index in [0.717, 1.165) is 17.5 Å². The molecule has 0 unspecified atom stereocenters. The van der Waals surface area contributed by atoms with Gasteiger partial charge in [-0.2, -0.15) is 0 Å². The zero-order valence-electron chi connectivity index (χ0n) is 15.2. The van der Waals surface area contributed by atoms with Crippen LogP contribution in [-0.4, -0.2) is 40.8 Å². The summed E-state index contributed by atoms with van der Waals surface area (Å²) in [6, 6.07) is 11.7. The van der Waals surface area contributed by atoms with Crippen molar-refractivity contribution in [3.05, 3.63) is 47.7 Å². The zero-order chi connectivity index (χ0) is 18.7. The zero-order valence-corrected chi connectivity index (χ0v) is 16.0. The van der Waals surface area contributed by atoms with E-state index in [2.05, 4.69) is 4.98 Å². The summed E-state index contributed by atoms with van der Waals surface area (Å²) in [7, 11) is 0. The van der Waals surface area contributed by atoms with Gasteiger partial charge in [-0.25, -0.2) is 9.78 Å². The molecule has 26 heavy (non-hydrogen) atoms. The van der Waals surface area contributed by atoms with Gasteiger partial charge in [0.15, 0.2) is 0 Å². The average Bonchev–Trinajstić information content (AvgIpc) is 2.54. The predicted octanol–water partition coefficient (Wildman–Crippen LogP) is 4.79. The Bertz CT molecular complexity index is 774. The van der Waals surface area contributed by atoms with Crippen molar-refractivity contribution in [2.75, 3.05) is 13.2 Å². The second-order valence-electron chi connectivity index (χ2n) is 7.30. The molecular weight excluding hydrogens is 352 g/mol. The van der Waals surface area contributed by atoms with Gasteiger partial charge in [-0.05, 0) is 38.8 Å². The highest BCUT2D eigenvalue weighted by Crippen LogP contribution is 2.30. The predicted molar refractivity (Wildman–Crippen MR) is 102 cm³/mol. The highest BCUT2D eigenvalue weighted by Gasteiger charge is 2.35. The lowest BCUT2D eigenvalue weighted by atomic mass is 10.1. The average molecular weight is 375 g/mol. The number of aromatic nitrogens is 1. The normalized spacial score (nSPS) is 16.8. The minimum absolute atomic E-state index is 0.0145. The van der Waals surface area contributed by atoms with E-state index in [1.807, 2.05) is 57.2 Å². The van der Waals surface area contributed by atoms with Gasteiger partial charge < -0.3 is 14.4 Å². The van der Waals surface area contributed by atoms with Crippen LogP contribution in [0.2, 0.25) is 5.15 Å². The molecule has 138 valence electrons. The summed E-state index contributed by atoms with van der Waals surface area (Å²) >= 11 is 6.22. The summed E-state index contributed by atoms with van der Waals surface area (Å²) in [6.45, 7) is 6.68. The van der Waals surface area contributed by atoms with Gasteiger partial charge in [0.05, 0.1) is 12.2 Å². The fraction of sp³-hybridized carbons (Fsp3) is 0.400. The molecule has 0 aliphatic carbocycles. The molecule has 1 aromatic carbocycles. The summed E-state index contributed by atoms with van der Waals surface area (Å²) < 4.78 is 11.3. The van der Waals surface area contributed by atoms with Crippen LogP contribution in [0.25, 0.3) is 11.1 Å². The Morgan fingerprint density at radius 1 is 1.31 bits per heavy atom. The van der Waals surface area contributed by atoms with E-state index in [1.165, 1.54) is 0 Å². The third-order valence-corrected chi connectivity index (χ3v) is 4.41. The molecule has 1 aromatic heterocycles. The van der Waals surface area contributed by atoms with Gasteiger partial charge in [0, 0.05) is 12.1 Å². The van der Waals surface area contributed by atoms with Crippen molar-refractivity contribution in [1.29, 1.82) is 0 Å². The largest absolute Gasteiger partial charge is 0.490 e. The highest BCUT2D eigenvalue weighted by atomic mass is 35.5. The Morgan fingerprint density at radius 2 is 2.04 bits per heavy atom. The quantitative estimate of drug-likeness (QED) is 0.722. The third-order valence-electron chi connectivity index (χ3n) is 4.11. The van der Waals surface area contributed by atoms with Crippen molar-refractivity contribution in [1.82, 2.24) is 9.88 Å². The smallest absolute Gasteiger partial charge is 0.410 e. The van der Waals surface area contributed by atoms with Crippen molar-refractivity contribution in [2.45, 2.75) is 38.8 Å². The molecule has 0 N–H and O–H groups in total. The Kier molecular flexibility index (Phi) is 5.37. The van der Waals surface area contributed by atoms with Gasteiger partial charge in [-0.1, -0.05) is 41.9 Å². The first-order valence-electron chi connectivity index (χ1n) is 8.67. The van der Waals surface area contributed by atoms with Crippen molar-refractivity contribution in [3.8, 4) is 16.9 Å². The number of halogens is 1. The highest BCUT2D eigenvalue weighted by molar-refractivity contribution is 6.32. The summed E-state index contributed by atoms with van der Waals surface area (Å²) in [5, 5.41) is 0.433. The van der Waals surface area contributed by atoms with E-state index in [9.17, 15) is 4.79 Å². The second-order valence-corrected chi connectivity index (χ2v) is 7.66. The van der Waals surface area contributed by atoms with E-state index < -0.39 is 5.60 Å². The number of pyridine rings is 1. The van der Waals surface area contributed by atoms with E-state index in [1.54, 1.807) is 11.1 Å². The minimum Gasteiger partial charge on any atom is -0.490 e. The molecule has 6 heteroatoms. The maximum absolute atomic E-state index is 12.2. The van der Waals surface area contributed by atoms with E-state index in [4.69, 9.17) is 21.1 Å². The van der Waals surface area contributed by atoms with E-state index >= 15 is 0 Å². The SMILES string of the molecule is CC(C)(C)OC(=O)N1CC[C@H]1COc1cnc(Cl)c(-c2ccccc2)c1. The van der Waals surface area contributed by atoms with Gasteiger partial charge in [-0.15, -0.1) is 0 Å². The molecule has 0 spiro atoms. The standard InChI is InChI=1S/C20H23ClN2O3/c1-20(2,3)26-19(24)23-10-9-15(23)13-25-16-11-17(18(21)22-12-16)14-7-5-4-6-8-14/h4-8,11-12,15H,9-10,13H2,1-3H3/t15-/m0/s1. The lowest BCUT2D eigenvalue weighted by Crippen LogP contribution is -2.55. The number of nitrogens with zero attached hydrogens (tertiary/aromatic N) is 2. The molecule has 1 fully saturated rings. The number of ether oxygens (including phenoxy) is 2. The van der Waals surface area contributed by atoms with Crippen LogP contribution in [-0.2, 0) is 4.74 Å². The number of hydrogen-bond donors (Lipinski definition) is 0. The summed E-state index contributed by atoms with van der Waals surface area (Å²) in [5.41, 5.74) is 1.31. The number of hydrogen-bond acceptors (Lipinski definition) is 4. The Hall–Kier alpha value is -2.27. The summed E-state index contributed by atoms with van der Waals surface area (Å²) in [5.74, 6) is 0.629. The molecule has 1 aliphatic rings. The molecule has 1 saturated heterocycles. The van der Waals surface area contributed by atoms with Crippen LogP contribution < -0.4 is 4.74 Å². The van der Waals surface area contributed by atoms with Gasteiger partial charge in [0.2, 0.25) is 0 Å². The molecule has 1 atom stereocenters. The van der Waals surface area contributed by atoms with Crippen molar-refractivity contribution in [3.63, 3.8) is 0 Å². The summed E-state index contributed by atoms with van der Waals surface area (Å²) in [6.07, 6.45) is 2.20. The van der Waals surface area contributed by atoms with Gasteiger partial charge in [0.25, 0.3) is 0 Å². The Morgan fingerprint density at radius 3 is 2.65 bits per heavy atom. The Balaban J connectivity index is 1.63. The lowest BCUT2D eigenvalue weighted by Gasteiger charge is -2.41. The molecule has 0 saturated carbocycles. The first-order valence-corrected chi connectivity index (χ1v) is 9.05. The van der Waals surface area contributed by atoms with Gasteiger partial charge in [-0.3, -0.25) is 0 Å². The topological polar surface area (TPSA) is 51.7 Å². The molecule has 1 amide bonds. The van der Waals surface area contributed by atoms with Crippen molar-refractivity contribution >= 4 is 17.7 Å². The maximum Gasteiger partial charge on any atom is 0.410 e. The molecule has 0 bridgehead atoms. The van der Waals surface area contributed by atoms with Crippen LogP contribution in [0.15, 0.2) is 42.6 Å². The van der Waals surface area contributed by atoms with Crippen LogP contribution in [0.3, 0.4) is 0 Å². The van der Waals surface area contributed by atoms with Crippen molar-refractivity contribution in [2.24, 2.45) is 0 Å². The number of carbonyl (C=O) groups is 1. The van der Waals surface area contributed by atoms with Crippen LogP contribution in [0.5, 0.6) is 5.75 Å². The second kappa shape index (κ2) is 7.54. The molecule has 5 nitrogen and oxygen atoms in total. The first kappa shape index (κ1) is 18.5. The van der Waals surface area contributed by atoms with Crippen LogP contribution in [0, 0.1) is 0 Å². The lowest BCUT2D eigenvalue weighted by molar-refractivity contribution is -0.0141. The van der Waals surface area contributed by atoms with Gasteiger partial charge >= 0.3 is 6.09 Å². The molecule has 2 aromatic rings. The number of benzene rings is 1. The number of likely N-dealkylation sites (tertiary alicyclic amines) is 1. The summed E-state index contributed by atoms with van der Waals surface area (Å²) in [4.78, 5) is 18.1. The maximum atomic E-state index is 12.2. The van der Waals surface area contributed by atoms with Crippen LogP contribution >= 0.6 is 11.6 Å². The molecule has 2 heterocycles. The van der Waals surface area contributed by atoms with Crippen LogP contribution in [0.1, 0.15) is 27.2 Å². The van der Waals surface area contributed by atoms with E-state index in [-0.39, 0.29) is 12.1 Å². The minimum atomic E-state index is -0.497. The monoisotopic (exact) mass is 374 g/mol. The van der Waals surface area contributed by atoms with Crippen LogP contribution in [0.4, 0.5) is 4.79 Å². The molecule has 1 aliphatic heterocycles. The van der Waals surface area contributed by atoms with Crippen molar-refractivity contribution < 1.29 is 14.3 Å².